The van der Waals surface area contributed by atoms with Crippen molar-refractivity contribution in [2.45, 2.75) is 40.2 Å². The van der Waals surface area contributed by atoms with Gasteiger partial charge in [-0.05, 0) is 33.6 Å². The van der Waals surface area contributed by atoms with Crippen molar-refractivity contribution >= 4 is 5.95 Å². The fourth-order valence-corrected chi connectivity index (χ4v) is 2.40. The molecule has 1 saturated heterocycles. The Morgan fingerprint density at radius 1 is 1.26 bits per heavy atom. The van der Waals surface area contributed by atoms with Gasteiger partial charge in [-0.1, -0.05) is 0 Å². The molecule has 0 spiro atoms. The molecule has 0 amide bonds. The molecule has 0 bridgehead atoms. The summed E-state index contributed by atoms with van der Waals surface area (Å²) < 4.78 is 7.14. The Kier molecular flexibility index (Phi) is 4.58. The van der Waals surface area contributed by atoms with E-state index in [1.807, 2.05) is 20.8 Å². The quantitative estimate of drug-likeness (QED) is 0.757. The SMILES string of the molecule is CCOCCn1c(N2CCCC2)nc(C)c(C)c1=O. The second-order valence-electron chi connectivity index (χ2n) is 4.97. The first-order valence-corrected chi connectivity index (χ1v) is 7.06. The summed E-state index contributed by atoms with van der Waals surface area (Å²) in [6, 6.07) is 0. The fraction of sp³-hybridized carbons (Fsp3) is 0.714. The Morgan fingerprint density at radius 3 is 2.58 bits per heavy atom. The molecule has 106 valence electrons. The third-order valence-electron chi connectivity index (χ3n) is 3.67. The van der Waals surface area contributed by atoms with E-state index in [2.05, 4.69) is 9.88 Å². The van der Waals surface area contributed by atoms with E-state index in [1.54, 1.807) is 4.57 Å². The van der Waals surface area contributed by atoms with Gasteiger partial charge in [-0.25, -0.2) is 4.98 Å². The highest BCUT2D eigenvalue weighted by molar-refractivity contribution is 5.35. The van der Waals surface area contributed by atoms with Crippen LogP contribution in [-0.2, 0) is 11.3 Å². The molecule has 0 aromatic carbocycles. The van der Waals surface area contributed by atoms with E-state index in [9.17, 15) is 4.79 Å². The van der Waals surface area contributed by atoms with Gasteiger partial charge in [0.2, 0.25) is 5.95 Å². The van der Waals surface area contributed by atoms with Gasteiger partial charge in [0.1, 0.15) is 0 Å². The molecule has 0 atom stereocenters. The van der Waals surface area contributed by atoms with Crippen LogP contribution in [0.2, 0.25) is 0 Å². The highest BCUT2D eigenvalue weighted by atomic mass is 16.5. The first kappa shape index (κ1) is 14.1. The van der Waals surface area contributed by atoms with E-state index in [1.165, 1.54) is 12.8 Å². The molecule has 2 rings (SSSR count). The summed E-state index contributed by atoms with van der Waals surface area (Å²) in [6.07, 6.45) is 2.35. The van der Waals surface area contributed by atoms with Crippen LogP contribution < -0.4 is 10.5 Å². The average molecular weight is 265 g/mol. The molecule has 5 nitrogen and oxygen atoms in total. The maximum atomic E-state index is 12.4. The van der Waals surface area contributed by atoms with Crippen LogP contribution in [-0.4, -0.2) is 35.9 Å². The molecule has 1 fully saturated rings. The van der Waals surface area contributed by atoms with E-state index >= 15 is 0 Å². The van der Waals surface area contributed by atoms with E-state index in [0.717, 1.165) is 30.3 Å². The molecular formula is C14H23N3O2. The lowest BCUT2D eigenvalue weighted by molar-refractivity contribution is 0.138. The summed E-state index contributed by atoms with van der Waals surface area (Å²) in [5, 5.41) is 0. The highest BCUT2D eigenvalue weighted by Gasteiger charge is 2.19. The van der Waals surface area contributed by atoms with Crippen molar-refractivity contribution in [3.63, 3.8) is 0 Å². The molecule has 2 heterocycles. The van der Waals surface area contributed by atoms with Gasteiger partial charge in [0.15, 0.2) is 0 Å². The third kappa shape index (κ3) is 2.97. The number of rotatable bonds is 5. The van der Waals surface area contributed by atoms with Gasteiger partial charge >= 0.3 is 0 Å². The summed E-state index contributed by atoms with van der Waals surface area (Å²) in [7, 11) is 0. The summed E-state index contributed by atoms with van der Waals surface area (Å²) in [6.45, 7) is 9.49. The number of aromatic nitrogens is 2. The van der Waals surface area contributed by atoms with Crippen LogP contribution in [0, 0.1) is 13.8 Å². The molecule has 1 aromatic rings. The van der Waals surface area contributed by atoms with Gasteiger partial charge in [-0.2, -0.15) is 0 Å². The van der Waals surface area contributed by atoms with E-state index < -0.39 is 0 Å². The molecule has 1 aliphatic heterocycles. The second-order valence-corrected chi connectivity index (χ2v) is 4.97. The highest BCUT2D eigenvalue weighted by Crippen LogP contribution is 2.17. The maximum absolute atomic E-state index is 12.4. The van der Waals surface area contributed by atoms with Crippen LogP contribution in [0.25, 0.3) is 0 Å². The fourth-order valence-electron chi connectivity index (χ4n) is 2.40. The second kappa shape index (κ2) is 6.19. The van der Waals surface area contributed by atoms with Crippen LogP contribution in [0.5, 0.6) is 0 Å². The minimum absolute atomic E-state index is 0.0640. The largest absolute Gasteiger partial charge is 0.380 e. The Hall–Kier alpha value is -1.36. The standard InChI is InChI=1S/C14H23N3O2/c1-4-19-10-9-17-13(18)11(2)12(3)15-14(17)16-7-5-6-8-16/h4-10H2,1-3H3. The van der Waals surface area contributed by atoms with Crippen molar-refractivity contribution in [2.24, 2.45) is 0 Å². The summed E-state index contributed by atoms with van der Waals surface area (Å²) in [5.41, 5.74) is 1.63. The van der Waals surface area contributed by atoms with Crippen LogP contribution in [0.1, 0.15) is 31.0 Å². The maximum Gasteiger partial charge on any atom is 0.258 e. The summed E-state index contributed by atoms with van der Waals surface area (Å²) in [4.78, 5) is 19.2. The van der Waals surface area contributed by atoms with Crippen LogP contribution >= 0.6 is 0 Å². The lowest BCUT2D eigenvalue weighted by Crippen LogP contribution is -2.34. The van der Waals surface area contributed by atoms with Gasteiger partial charge in [0.05, 0.1) is 13.2 Å². The summed E-state index contributed by atoms with van der Waals surface area (Å²) >= 11 is 0. The van der Waals surface area contributed by atoms with Gasteiger partial charge in [-0.3, -0.25) is 9.36 Å². The number of hydrogen-bond donors (Lipinski definition) is 0. The number of nitrogens with zero attached hydrogens (tertiary/aromatic N) is 3. The average Bonchev–Trinajstić information content (AvgIpc) is 2.92. The van der Waals surface area contributed by atoms with E-state index in [-0.39, 0.29) is 5.56 Å². The molecule has 0 saturated carbocycles. The zero-order valence-electron chi connectivity index (χ0n) is 12.1. The minimum atomic E-state index is 0.0640. The van der Waals surface area contributed by atoms with Crippen LogP contribution in [0.15, 0.2) is 4.79 Å². The van der Waals surface area contributed by atoms with Gasteiger partial charge in [0.25, 0.3) is 5.56 Å². The van der Waals surface area contributed by atoms with Crippen molar-refractivity contribution in [1.82, 2.24) is 9.55 Å². The monoisotopic (exact) mass is 265 g/mol. The van der Waals surface area contributed by atoms with Crippen molar-refractivity contribution in [1.29, 1.82) is 0 Å². The zero-order valence-corrected chi connectivity index (χ0v) is 12.1. The molecule has 1 aromatic heterocycles. The van der Waals surface area contributed by atoms with E-state index in [4.69, 9.17) is 4.74 Å². The van der Waals surface area contributed by atoms with E-state index in [0.29, 0.717) is 19.8 Å². The topological polar surface area (TPSA) is 47.4 Å². The van der Waals surface area contributed by atoms with Crippen molar-refractivity contribution < 1.29 is 4.74 Å². The molecule has 1 aliphatic rings. The van der Waals surface area contributed by atoms with Crippen molar-refractivity contribution in [3.05, 3.63) is 21.6 Å². The molecule has 0 unspecified atom stereocenters. The predicted octanol–water partition coefficient (Wildman–Crippen LogP) is 1.50. The summed E-state index contributed by atoms with van der Waals surface area (Å²) in [5.74, 6) is 0.810. The van der Waals surface area contributed by atoms with Gasteiger partial charge in [0, 0.05) is 31.0 Å². The molecule has 5 heteroatoms. The molecule has 0 aliphatic carbocycles. The number of ether oxygens (including phenoxy) is 1. The van der Waals surface area contributed by atoms with Crippen LogP contribution in [0.3, 0.4) is 0 Å². The van der Waals surface area contributed by atoms with Gasteiger partial charge in [-0.15, -0.1) is 0 Å². The molecule has 0 radical (unpaired) electrons. The van der Waals surface area contributed by atoms with Crippen molar-refractivity contribution in [2.75, 3.05) is 31.2 Å². The number of hydrogen-bond acceptors (Lipinski definition) is 4. The minimum Gasteiger partial charge on any atom is -0.380 e. The zero-order chi connectivity index (χ0) is 13.8. The lowest BCUT2D eigenvalue weighted by Gasteiger charge is -2.22. The number of anilines is 1. The Balaban J connectivity index is 2.35. The number of aryl methyl sites for hydroxylation is 1. The molecular weight excluding hydrogens is 242 g/mol. The predicted molar refractivity (Wildman–Crippen MR) is 75.9 cm³/mol. The smallest absolute Gasteiger partial charge is 0.258 e. The van der Waals surface area contributed by atoms with Crippen molar-refractivity contribution in [3.8, 4) is 0 Å². The normalized spacial score (nSPS) is 15.2. The van der Waals surface area contributed by atoms with Crippen LogP contribution in [0.4, 0.5) is 5.95 Å². The third-order valence-corrected chi connectivity index (χ3v) is 3.67. The lowest BCUT2D eigenvalue weighted by atomic mass is 10.2. The Bertz CT molecular complexity index is 490. The Labute approximate surface area is 114 Å². The van der Waals surface area contributed by atoms with Gasteiger partial charge < -0.3 is 9.64 Å². The molecule has 19 heavy (non-hydrogen) atoms. The Morgan fingerprint density at radius 2 is 1.95 bits per heavy atom. The molecule has 0 N–H and O–H groups in total. The first-order valence-electron chi connectivity index (χ1n) is 7.06. The first-order chi connectivity index (χ1) is 9.15.